The van der Waals surface area contributed by atoms with Crippen molar-refractivity contribution in [1.29, 1.82) is 0 Å². The Morgan fingerprint density at radius 2 is 2.09 bits per heavy atom. The molecule has 118 valence electrons. The number of nitrogens with zero attached hydrogens (tertiary/aromatic N) is 2. The molecule has 6 nitrogen and oxygen atoms in total. The van der Waals surface area contributed by atoms with Gasteiger partial charge in [-0.25, -0.2) is 0 Å². The van der Waals surface area contributed by atoms with E-state index in [1.54, 1.807) is 19.1 Å². The number of hydrogen-bond acceptors (Lipinski definition) is 5. The van der Waals surface area contributed by atoms with E-state index in [-0.39, 0.29) is 17.4 Å². The van der Waals surface area contributed by atoms with Gasteiger partial charge in [0.2, 0.25) is 5.56 Å². The first-order valence-electron chi connectivity index (χ1n) is 7.23. The molecular weight excluding hydrogens is 312 g/mol. The molecule has 1 amide bonds. The molecule has 0 bridgehead atoms. The highest BCUT2D eigenvalue weighted by atomic mass is 32.1. The maximum Gasteiger partial charge on any atom is 0.269 e. The van der Waals surface area contributed by atoms with Crippen LogP contribution in [0.25, 0.3) is 10.9 Å². The number of benzene rings is 1. The second-order valence-corrected chi connectivity index (χ2v) is 6.40. The summed E-state index contributed by atoms with van der Waals surface area (Å²) in [6.45, 7) is 5.83. The molecule has 0 saturated carbocycles. The quantitative estimate of drug-likeness (QED) is 0.773. The van der Waals surface area contributed by atoms with E-state index in [4.69, 9.17) is 0 Å². The second-order valence-electron chi connectivity index (χ2n) is 5.65. The third kappa shape index (κ3) is 3.00. The van der Waals surface area contributed by atoms with Gasteiger partial charge in [-0.05, 0) is 42.1 Å². The summed E-state index contributed by atoms with van der Waals surface area (Å²) in [5.41, 5.74) is 2.77. The number of amides is 1. The maximum absolute atomic E-state index is 12.2. The van der Waals surface area contributed by atoms with Gasteiger partial charge in [-0.3, -0.25) is 9.59 Å². The molecule has 0 aliphatic carbocycles. The molecule has 0 unspecified atom stereocenters. The Morgan fingerprint density at radius 3 is 2.74 bits per heavy atom. The third-order valence-electron chi connectivity index (χ3n) is 3.61. The molecule has 0 aliphatic rings. The van der Waals surface area contributed by atoms with Crippen LogP contribution in [0.2, 0.25) is 0 Å². The molecule has 2 aromatic heterocycles. The van der Waals surface area contributed by atoms with Crippen LogP contribution in [0.4, 0.5) is 5.69 Å². The number of H-pyrrole nitrogens is 1. The predicted octanol–water partition coefficient (Wildman–Crippen LogP) is 3.06. The summed E-state index contributed by atoms with van der Waals surface area (Å²) >= 11 is 1.06. The van der Waals surface area contributed by atoms with E-state index < -0.39 is 0 Å². The van der Waals surface area contributed by atoms with Crippen LogP contribution in [0.15, 0.2) is 29.1 Å². The van der Waals surface area contributed by atoms with Crippen molar-refractivity contribution in [2.45, 2.75) is 26.7 Å². The highest BCUT2D eigenvalue weighted by Gasteiger charge is 2.14. The standard InChI is InChI=1S/C16H16N4O2S/c1-8(2)12-7-14(21)18-13-6-10(4-5-11(12)13)17-16(22)15-9(3)19-20-23-15/h4-8H,1-3H3,(H,17,22)(H,18,21). The number of rotatable bonds is 3. The fourth-order valence-electron chi connectivity index (χ4n) is 2.47. The number of fused-ring (bicyclic) bond motifs is 1. The predicted molar refractivity (Wildman–Crippen MR) is 91.3 cm³/mol. The fraction of sp³-hybridized carbons (Fsp3) is 0.250. The van der Waals surface area contributed by atoms with Crippen molar-refractivity contribution in [2.75, 3.05) is 5.32 Å². The van der Waals surface area contributed by atoms with E-state index in [1.807, 2.05) is 26.0 Å². The molecule has 0 saturated heterocycles. The number of aromatic nitrogens is 3. The van der Waals surface area contributed by atoms with Gasteiger partial charge >= 0.3 is 0 Å². The first kappa shape index (κ1) is 15.4. The maximum atomic E-state index is 12.2. The first-order chi connectivity index (χ1) is 11.0. The lowest BCUT2D eigenvalue weighted by Crippen LogP contribution is -2.12. The van der Waals surface area contributed by atoms with Gasteiger partial charge in [-0.15, -0.1) is 5.10 Å². The van der Waals surface area contributed by atoms with E-state index in [0.29, 0.717) is 21.8 Å². The lowest BCUT2D eigenvalue weighted by atomic mass is 9.99. The van der Waals surface area contributed by atoms with Gasteiger partial charge in [0.15, 0.2) is 0 Å². The minimum atomic E-state index is -0.251. The van der Waals surface area contributed by atoms with Gasteiger partial charge in [0.25, 0.3) is 5.91 Å². The smallest absolute Gasteiger partial charge is 0.269 e. The van der Waals surface area contributed by atoms with Crippen LogP contribution < -0.4 is 10.9 Å². The van der Waals surface area contributed by atoms with Crippen molar-refractivity contribution in [3.05, 3.63) is 50.8 Å². The van der Waals surface area contributed by atoms with E-state index in [9.17, 15) is 9.59 Å². The first-order valence-corrected chi connectivity index (χ1v) is 8.00. The van der Waals surface area contributed by atoms with E-state index in [1.165, 1.54) is 0 Å². The van der Waals surface area contributed by atoms with Crippen LogP contribution in [0.5, 0.6) is 0 Å². The summed E-state index contributed by atoms with van der Waals surface area (Å²) in [4.78, 5) is 27.3. The van der Waals surface area contributed by atoms with E-state index in [0.717, 1.165) is 22.5 Å². The van der Waals surface area contributed by atoms with Crippen molar-refractivity contribution in [3.63, 3.8) is 0 Å². The van der Waals surface area contributed by atoms with Crippen LogP contribution in [0.3, 0.4) is 0 Å². The van der Waals surface area contributed by atoms with Crippen molar-refractivity contribution < 1.29 is 4.79 Å². The number of aryl methyl sites for hydroxylation is 1. The second kappa shape index (κ2) is 5.92. The molecule has 0 fully saturated rings. The highest BCUT2D eigenvalue weighted by molar-refractivity contribution is 7.08. The largest absolute Gasteiger partial charge is 0.322 e. The van der Waals surface area contributed by atoms with Crippen molar-refractivity contribution in [1.82, 2.24) is 14.6 Å². The highest BCUT2D eigenvalue weighted by Crippen LogP contribution is 2.25. The van der Waals surface area contributed by atoms with Gasteiger partial charge in [-0.1, -0.05) is 24.4 Å². The molecule has 23 heavy (non-hydrogen) atoms. The number of carbonyl (C=O) groups is 1. The zero-order valence-corrected chi connectivity index (χ0v) is 13.8. The Balaban J connectivity index is 1.99. The lowest BCUT2D eigenvalue weighted by molar-refractivity contribution is 0.103. The zero-order chi connectivity index (χ0) is 16.6. The summed E-state index contributed by atoms with van der Waals surface area (Å²) in [5.74, 6) is -0.00892. The van der Waals surface area contributed by atoms with Crippen LogP contribution >= 0.6 is 11.5 Å². The zero-order valence-electron chi connectivity index (χ0n) is 13.0. The summed E-state index contributed by atoms with van der Waals surface area (Å²) in [6, 6.07) is 7.13. The molecular formula is C16H16N4O2S. The molecule has 3 rings (SSSR count). The minimum Gasteiger partial charge on any atom is -0.322 e. The Morgan fingerprint density at radius 1 is 1.30 bits per heavy atom. The lowest BCUT2D eigenvalue weighted by Gasteiger charge is -2.11. The van der Waals surface area contributed by atoms with Gasteiger partial charge in [0, 0.05) is 17.1 Å². The summed E-state index contributed by atoms with van der Waals surface area (Å²) in [7, 11) is 0. The molecule has 2 heterocycles. The molecule has 0 radical (unpaired) electrons. The van der Waals surface area contributed by atoms with Crippen molar-refractivity contribution in [2.24, 2.45) is 0 Å². The number of hydrogen-bond donors (Lipinski definition) is 2. The van der Waals surface area contributed by atoms with E-state index in [2.05, 4.69) is 19.9 Å². The summed E-state index contributed by atoms with van der Waals surface area (Å²) < 4.78 is 3.76. The van der Waals surface area contributed by atoms with Crippen LogP contribution in [-0.2, 0) is 0 Å². The Bertz CT molecular complexity index is 943. The van der Waals surface area contributed by atoms with Crippen molar-refractivity contribution in [3.8, 4) is 0 Å². The molecule has 0 spiro atoms. The van der Waals surface area contributed by atoms with Gasteiger partial charge in [0.1, 0.15) is 4.88 Å². The number of carbonyl (C=O) groups excluding carboxylic acids is 1. The molecule has 0 atom stereocenters. The van der Waals surface area contributed by atoms with Crippen molar-refractivity contribution >= 4 is 34.0 Å². The number of anilines is 1. The summed E-state index contributed by atoms with van der Waals surface area (Å²) in [5, 5.41) is 7.63. The van der Waals surface area contributed by atoms with E-state index >= 15 is 0 Å². The van der Waals surface area contributed by atoms with Crippen LogP contribution in [0, 0.1) is 6.92 Å². The van der Waals surface area contributed by atoms with Gasteiger partial charge in [0.05, 0.1) is 11.2 Å². The SMILES string of the molecule is Cc1nnsc1C(=O)Nc1ccc2c(C(C)C)cc(=O)[nH]c2c1. The normalized spacial score (nSPS) is 11.1. The molecule has 7 heteroatoms. The van der Waals surface area contributed by atoms with Crippen LogP contribution in [0.1, 0.15) is 40.7 Å². The summed E-state index contributed by atoms with van der Waals surface area (Å²) in [6.07, 6.45) is 0. The van der Waals surface area contributed by atoms with Crippen LogP contribution in [-0.4, -0.2) is 20.5 Å². The number of pyridine rings is 1. The minimum absolute atomic E-state index is 0.146. The number of aromatic amines is 1. The average Bonchev–Trinajstić information content (AvgIpc) is 2.92. The number of nitrogens with one attached hydrogen (secondary N) is 2. The molecule has 3 aromatic rings. The topological polar surface area (TPSA) is 87.7 Å². The Hall–Kier alpha value is -2.54. The molecule has 1 aromatic carbocycles. The average molecular weight is 328 g/mol. The third-order valence-corrected chi connectivity index (χ3v) is 4.44. The fourth-order valence-corrected chi connectivity index (χ4v) is 3.02. The van der Waals surface area contributed by atoms with Gasteiger partial charge < -0.3 is 10.3 Å². The molecule has 0 aliphatic heterocycles. The Labute approximate surface area is 136 Å². The molecule has 2 N–H and O–H groups in total. The monoisotopic (exact) mass is 328 g/mol. The Kier molecular flexibility index (Phi) is 3.96. The van der Waals surface area contributed by atoms with Gasteiger partial charge in [-0.2, -0.15) is 0 Å².